The SMILES string of the molecule is C=C(C)C(=O)O.C=C(C)C(=O)OC.C=C(C)C(=O)OC(F)C(F)(F)C(F)(F)C(F)(F)C(F)(F)C(F)(F)C(F)(F)C(F)C(F)C(F)F. The Kier molecular flexibility index (Phi) is 16.6. The summed E-state index contributed by atoms with van der Waals surface area (Å²) in [5.74, 6) is -51.9. The number of esters is 2. The Balaban J connectivity index is -0.00000118. The maximum Gasteiger partial charge on any atom is 0.385 e. The maximum atomic E-state index is 13.5. The zero-order valence-corrected chi connectivity index (χ0v) is 23.3. The van der Waals surface area contributed by atoms with Gasteiger partial charge in [-0.05, 0) is 20.8 Å². The largest absolute Gasteiger partial charge is 0.478 e. The fraction of sp³-hybridized carbons (Fsp3) is 0.609. The molecule has 0 saturated heterocycles. The molecule has 0 aromatic rings. The van der Waals surface area contributed by atoms with Gasteiger partial charge in [0.25, 0.3) is 6.43 Å². The zero-order valence-electron chi connectivity index (χ0n) is 23.3. The van der Waals surface area contributed by atoms with Gasteiger partial charge in [-0.2, -0.15) is 57.1 Å². The molecule has 46 heavy (non-hydrogen) atoms. The molecule has 0 amide bonds. The first-order chi connectivity index (χ1) is 20.1. The number of carbonyl (C=O) groups is 3. The summed E-state index contributed by atoms with van der Waals surface area (Å²) in [6, 6.07) is 0. The van der Waals surface area contributed by atoms with E-state index in [0.29, 0.717) is 12.5 Å². The number of methoxy groups -OCH3 is 1. The van der Waals surface area contributed by atoms with Crippen LogP contribution in [0.2, 0.25) is 0 Å². The number of hydrogen-bond acceptors (Lipinski definition) is 5. The van der Waals surface area contributed by atoms with Gasteiger partial charge in [0.2, 0.25) is 6.17 Å². The van der Waals surface area contributed by atoms with E-state index < -0.39 is 78.2 Å². The summed E-state index contributed by atoms with van der Waals surface area (Å²) in [5, 5.41) is 7.89. The molecule has 1 N–H and O–H groups in total. The Bertz CT molecular complexity index is 1110. The number of hydrogen-bond donors (Lipinski definition) is 1. The van der Waals surface area contributed by atoms with E-state index in [4.69, 9.17) is 5.11 Å². The van der Waals surface area contributed by atoms with Crippen molar-refractivity contribution >= 4 is 17.9 Å². The standard InChI is InChI=1S/C14H9F17O2.C5H8O2.C4H6O2/c1-3(2)7(32)33-8(19)10(22,23)12(26,27)14(30,31)13(28,29)11(24,25)9(20,21)5(16)4(15)6(17)18;1-4(2)5(6)7-3;1-3(2)4(5)6/h4-6,8H,1H2,2H3;1H2,2-3H3;1H2,2H3,(H,5,6). The third-order valence-corrected chi connectivity index (χ3v) is 4.63. The summed E-state index contributed by atoms with van der Waals surface area (Å²) in [7, 11) is 1.33. The molecule has 0 spiro atoms. The van der Waals surface area contributed by atoms with Crippen molar-refractivity contribution in [3.8, 4) is 0 Å². The third-order valence-electron chi connectivity index (χ3n) is 4.63. The molecule has 0 heterocycles. The molecule has 0 rings (SSSR count). The molecular weight excluding hydrogens is 695 g/mol. The van der Waals surface area contributed by atoms with Gasteiger partial charge in [0.05, 0.1) is 7.11 Å². The summed E-state index contributed by atoms with van der Waals surface area (Å²) in [6.07, 6.45) is -21.0. The molecule has 6 nitrogen and oxygen atoms in total. The molecule has 0 aliphatic carbocycles. The first-order valence-corrected chi connectivity index (χ1v) is 11.1. The summed E-state index contributed by atoms with van der Waals surface area (Å²) in [4.78, 5) is 30.6. The minimum Gasteiger partial charge on any atom is -0.478 e. The van der Waals surface area contributed by atoms with Gasteiger partial charge in [-0.1, -0.05) is 19.7 Å². The number of rotatable bonds is 13. The number of carboxylic acid groups (broad SMARTS) is 1. The fourth-order valence-corrected chi connectivity index (χ4v) is 1.90. The predicted molar refractivity (Wildman–Crippen MR) is 121 cm³/mol. The van der Waals surface area contributed by atoms with E-state index in [1.54, 1.807) is 6.92 Å². The van der Waals surface area contributed by atoms with Gasteiger partial charge in [-0.25, -0.2) is 31.9 Å². The van der Waals surface area contributed by atoms with Crippen molar-refractivity contribution in [2.24, 2.45) is 0 Å². The lowest BCUT2D eigenvalue weighted by Gasteiger charge is -2.42. The van der Waals surface area contributed by atoms with E-state index >= 15 is 0 Å². The highest BCUT2D eigenvalue weighted by Crippen LogP contribution is 2.61. The van der Waals surface area contributed by atoms with Crippen LogP contribution in [0.4, 0.5) is 74.6 Å². The predicted octanol–water partition coefficient (Wildman–Crippen LogP) is 7.54. The number of aliphatic carboxylic acids is 1. The highest BCUT2D eigenvalue weighted by Gasteiger charge is 2.92. The highest BCUT2D eigenvalue weighted by atomic mass is 19.4. The van der Waals surface area contributed by atoms with E-state index in [1.165, 1.54) is 14.0 Å². The summed E-state index contributed by atoms with van der Waals surface area (Å²) in [5.41, 5.74) is -0.452. The number of ether oxygens (including phenoxy) is 2. The molecular formula is C23H23F17O6. The van der Waals surface area contributed by atoms with Crippen LogP contribution in [0.3, 0.4) is 0 Å². The maximum absolute atomic E-state index is 13.5. The van der Waals surface area contributed by atoms with E-state index in [2.05, 4.69) is 29.2 Å². The first-order valence-electron chi connectivity index (χ1n) is 11.1. The molecule has 3 unspecified atom stereocenters. The number of alkyl halides is 17. The minimum atomic E-state index is -8.49. The second kappa shape index (κ2) is 16.3. The minimum absolute atomic E-state index is 0.176. The molecule has 270 valence electrons. The Hall–Kier alpha value is -3.56. The quantitative estimate of drug-likeness (QED) is 0.120. The van der Waals surface area contributed by atoms with Crippen molar-refractivity contribution in [3.05, 3.63) is 36.5 Å². The van der Waals surface area contributed by atoms with Gasteiger partial charge in [-0.3, -0.25) is 0 Å². The van der Waals surface area contributed by atoms with Crippen molar-refractivity contribution in [3.63, 3.8) is 0 Å². The molecule has 0 radical (unpaired) electrons. The number of carbonyl (C=O) groups excluding carboxylic acids is 2. The second-order valence-electron chi connectivity index (χ2n) is 8.58. The molecule has 0 aromatic heterocycles. The fourth-order valence-electron chi connectivity index (χ4n) is 1.90. The van der Waals surface area contributed by atoms with Crippen molar-refractivity contribution in [2.45, 2.75) is 81.4 Å². The Morgan fingerprint density at radius 2 is 0.891 bits per heavy atom. The lowest BCUT2D eigenvalue weighted by atomic mass is 9.89. The Labute approximate surface area is 247 Å². The van der Waals surface area contributed by atoms with Crippen molar-refractivity contribution in [1.29, 1.82) is 0 Å². The molecule has 0 fully saturated rings. The van der Waals surface area contributed by atoms with Crippen LogP contribution in [-0.2, 0) is 23.9 Å². The zero-order chi connectivity index (χ0) is 38.2. The van der Waals surface area contributed by atoms with Crippen molar-refractivity contribution < 1.29 is 104 Å². The van der Waals surface area contributed by atoms with E-state index in [9.17, 15) is 89.0 Å². The lowest BCUT2D eigenvalue weighted by Crippen LogP contribution is -2.73. The van der Waals surface area contributed by atoms with Crippen molar-refractivity contribution in [2.75, 3.05) is 7.11 Å². The van der Waals surface area contributed by atoms with Gasteiger partial charge >= 0.3 is 59.8 Å². The number of halogens is 17. The molecule has 3 atom stereocenters. The number of carboxylic acids is 1. The van der Waals surface area contributed by atoms with Crippen LogP contribution >= 0.6 is 0 Å². The summed E-state index contributed by atoms with van der Waals surface area (Å²) in [6.45, 7) is 12.7. The topological polar surface area (TPSA) is 89.9 Å². The van der Waals surface area contributed by atoms with Crippen molar-refractivity contribution in [1.82, 2.24) is 0 Å². The molecule has 23 heteroatoms. The summed E-state index contributed by atoms with van der Waals surface area (Å²) >= 11 is 0. The highest BCUT2D eigenvalue weighted by molar-refractivity contribution is 5.87. The van der Waals surface area contributed by atoms with Gasteiger partial charge < -0.3 is 14.6 Å². The first kappa shape index (κ1) is 46.9. The third kappa shape index (κ3) is 9.97. The van der Waals surface area contributed by atoms with Gasteiger partial charge in [-0.15, -0.1) is 0 Å². The van der Waals surface area contributed by atoms with Crippen LogP contribution < -0.4 is 0 Å². The smallest absolute Gasteiger partial charge is 0.385 e. The molecule has 0 saturated carbocycles. The molecule has 0 aliphatic heterocycles. The van der Waals surface area contributed by atoms with Crippen LogP contribution in [-0.4, -0.2) is 90.8 Å². The van der Waals surface area contributed by atoms with Crippen LogP contribution in [0.1, 0.15) is 20.8 Å². The summed E-state index contributed by atoms with van der Waals surface area (Å²) < 4.78 is 231. The molecule has 0 bridgehead atoms. The second-order valence-corrected chi connectivity index (χ2v) is 8.58. The van der Waals surface area contributed by atoms with Crippen LogP contribution in [0.25, 0.3) is 0 Å². The average Bonchev–Trinajstić information content (AvgIpc) is 2.91. The Morgan fingerprint density at radius 1 is 0.587 bits per heavy atom. The molecule has 0 aliphatic rings. The van der Waals surface area contributed by atoms with Crippen LogP contribution in [0.5, 0.6) is 0 Å². The van der Waals surface area contributed by atoms with E-state index in [1.807, 2.05) is 0 Å². The van der Waals surface area contributed by atoms with Crippen LogP contribution in [0.15, 0.2) is 36.5 Å². The van der Waals surface area contributed by atoms with E-state index in [0.717, 1.165) is 0 Å². The van der Waals surface area contributed by atoms with Gasteiger partial charge in [0.15, 0.2) is 6.17 Å². The monoisotopic (exact) mass is 718 g/mol. The van der Waals surface area contributed by atoms with Gasteiger partial charge in [0.1, 0.15) is 0 Å². The molecule has 0 aromatic carbocycles. The lowest BCUT2D eigenvalue weighted by molar-refractivity contribution is -0.439. The average molecular weight is 718 g/mol. The Morgan fingerprint density at radius 3 is 1.11 bits per heavy atom. The van der Waals surface area contributed by atoms with E-state index in [-0.39, 0.29) is 11.5 Å². The normalized spacial score (nSPS) is 14.7. The van der Waals surface area contributed by atoms with Gasteiger partial charge in [0, 0.05) is 16.7 Å². The van der Waals surface area contributed by atoms with Crippen LogP contribution in [0, 0.1) is 0 Å².